The van der Waals surface area contributed by atoms with Crippen molar-refractivity contribution in [2.45, 2.75) is 23.6 Å². The molecule has 0 aliphatic carbocycles. The maximum absolute atomic E-state index is 9.09. The van der Waals surface area contributed by atoms with Crippen LogP contribution in [0.2, 0.25) is 0 Å². The second-order valence-corrected chi connectivity index (χ2v) is 3.06. The Bertz CT molecular complexity index is 132. The minimum absolute atomic E-state index is 0.387. The number of rotatable bonds is 2. The molecule has 3 N–H and O–H groups in total. The van der Waals surface area contributed by atoms with Gasteiger partial charge >= 0.3 is 0 Å². The topological polar surface area (TPSA) is 69.9 Å². The molecule has 11 heavy (non-hydrogen) atoms. The molecule has 0 aromatic carbocycles. The van der Waals surface area contributed by atoms with Crippen LogP contribution in [0.5, 0.6) is 0 Å². The Balaban J connectivity index is 2.47. The molecule has 0 aromatic rings. The van der Waals surface area contributed by atoms with Gasteiger partial charge in [-0.2, -0.15) is 12.6 Å². The molecule has 1 aliphatic heterocycles. The molecule has 1 fully saturated rings. The molecule has 0 bridgehead atoms. The lowest BCUT2D eigenvalue weighted by Gasteiger charge is -2.18. The lowest BCUT2D eigenvalue weighted by Crippen LogP contribution is -2.37. The summed E-state index contributed by atoms with van der Waals surface area (Å²) in [6, 6.07) is 0. The van der Waals surface area contributed by atoms with E-state index in [-0.39, 0.29) is 6.61 Å². The molecule has 0 aromatic heterocycles. The van der Waals surface area contributed by atoms with Crippen molar-refractivity contribution in [3.63, 3.8) is 0 Å². The average molecular weight is 179 g/mol. The molecule has 5 heteroatoms. The molecule has 1 aliphatic rings. The summed E-state index contributed by atoms with van der Waals surface area (Å²) in [7, 11) is 0. The second-order valence-electron chi connectivity index (χ2n) is 2.47. The summed E-state index contributed by atoms with van der Waals surface area (Å²) in [6.07, 6.45) is -2.37. The summed E-state index contributed by atoms with van der Waals surface area (Å²) < 4.78 is 4.87. The van der Waals surface area contributed by atoms with Crippen LogP contribution in [0.3, 0.4) is 0 Å². The van der Waals surface area contributed by atoms with E-state index in [1.54, 1.807) is 0 Å². The van der Waals surface area contributed by atoms with E-state index in [0.29, 0.717) is 0 Å². The molecule has 4 nitrogen and oxygen atoms in total. The van der Waals surface area contributed by atoms with E-state index in [1.165, 1.54) is 6.61 Å². The normalized spacial score (nSPS) is 40.9. The van der Waals surface area contributed by atoms with Crippen molar-refractivity contribution >= 4 is 12.6 Å². The third kappa shape index (κ3) is 1.86. The molecule has 0 saturated carbocycles. The Morgan fingerprint density at radius 1 is 1.64 bits per heavy atom. The highest BCUT2D eigenvalue weighted by atomic mass is 32.1. The maximum atomic E-state index is 9.09. The molecule has 4 atom stereocenters. The fourth-order valence-electron chi connectivity index (χ4n) is 0.949. The summed E-state index contributed by atoms with van der Waals surface area (Å²) in [5.41, 5.74) is 0. The monoisotopic (exact) mass is 179 g/mol. The number of aliphatic hydroxyl groups excluding tert-OH is 3. The van der Waals surface area contributed by atoms with Crippen LogP contribution in [-0.2, 0) is 4.74 Å². The van der Waals surface area contributed by atoms with Crippen LogP contribution >= 0.6 is 12.6 Å². The molecule has 0 unspecified atom stereocenters. The first kappa shape index (κ1) is 9.28. The van der Waals surface area contributed by atoms with E-state index >= 15 is 0 Å². The van der Waals surface area contributed by atoms with Gasteiger partial charge in [0.25, 0.3) is 0 Å². The smallest absolute Gasteiger partial charge is 0.114 e. The highest BCUT2D eigenvalue weighted by molar-refractivity contribution is 7.81. The van der Waals surface area contributed by atoms with Gasteiger partial charge in [-0.05, 0) is 0 Å². The summed E-state index contributed by atoms with van der Waals surface area (Å²) in [6.45, 7) is 0.823. The lowest BCUT2D eigenvalue weighted by molar-refractivity contribution is -0.0122. The summed E-state index contributed by atoms with van der Waals surface area (Å²) in [5.74, 6) is 0. The van der Waals surface area contributed by atoms with Gasteiger partial charge in [0, 0.05) is 0 Å². The third-order valence-corrected chi connectivity index (χ3v) is 2.23. The van der Waals surface area contributed by atoms with Gasteiger partial charge in [0.1, 0.15) is 18.8 Å². The number of ether oxygens (including phenoxy) is 1. The Kier molecular flexibility index (Phi) is 3.15. The maximum Gasteiger partial charge on any atom is 0.114 e. The molecule has 65 valence electrons. The molecule has 1 rings (SSSR count). The van der Waals surface area contributed by atoms with E-state index < -0.39 is 23.6 Å². The number of aliphatic hydroxyl groups is 3. The van der Waals surface area contributed by atoms with E-state index in [2.05, 4.69) is 12.6 Å². The van der Waals surface area contributed by atoms with Crippen molar-refractivity contribution in [1.82, 2.24) is 0 Å². The molecule has 1 saturated heterocycles. The SMILES string of the molecule is OC[C@@H](O)[C@@H]1O[CH][C@H](O)[C@H]1S. The van der Waals surface area contributed by atoms with Crippen LogP contribution in [0.4, 0.5) is 0 Å². The van der Waals surface area contributed by atoms with Gasteiger partial charge in [-0.1, -0.05) is 0 Å². The van der Waals surface area contributed by atoms with Gasteiger partial charge in [-0.25, -0.2) is 0 Å². The van der Waals surface area contributed by atoms with Crippen molar-refractivity contribution in [3.05, 3.63) is 6.61 Å². The molecule has 0 spiro atoms. The van der Waals surface area contributed by atoms with Gasteiger partial charge in [-0.3, -0.25) is 0 Å². The van der Waals surface area contributed by atoms with Gasteiger partial charge in [0.2, 0.25) is 0 Å². The fourth-order valence-corrected chi connectivity index (χ4v) is 1.29. The number of hydrogen-bond donors (Lipinski definition) is 4. The lowest BCUT2D eigenvalue weighted by atomic mass is 10.1. The first-order chi connectivity index (χ1) is 5.16. The Labute approximate surface area is 70.2 Å². The predicted octanol–water partition coefficient (Wildman–Crippen LogP) is -1.44. The number of hydrogen-bond acceptors (Lipinski definition) is 5. The van der Waals surface area contributed by atoms with Gasteiger partial charge in [-0.15, -0.1) is 0 Å². The molecule has 1 heterocycles. The van der Waals surface area contributed by atoms with Crippen LogP contribution in [-0.4, -0.2) is 45.5 Å². The van der Waals surface area contributed by atoms with E-state index in [9.17, 15) is 0 Å². The fraction of sp³-hybridized carbons (Fsp3) is 0.833. The summed E-state index contributed by atoms with van der Waals surface area (Å²) >= 11 is 4.00. The quantitative estimate of drug-likeness (QED) is 0.392. The summed E-state index contributed by atoms with van der Waals surface area (Å²) in [5, 5.41) is 26.2. The third-order valence-electron chi connectivity index (χ3n) is 1.63. The minimum atomic E-state index is -0.981. The van der Waals surface area contributed by atoms with Gasteiger partial charge in [0.05, 0.1) is 18.0 Å². The van der Waals surface area contributed by atoms with E-state index in [0.717, 1.165) is 0 Å². The summed E-state index contributed by atoms with van der Waals surface area (Å²) in [4.78, 5) is 0. The van der Waals surface area contributed by atoms with Crippen molar-refractivity contribution in [3.8, 4) is 0 Å². The Morgan fingerprint density at radius 2 is 2.27 bits per heavy atom. The van der Waals surface area contributed by atoms with Crippen molar-refractivity contribution in [2.24, 2.45) is 0 Å². The first-order valence-corrected chi connectivity index (χ1v) is 3.82. The molecular weight excluding hydrogens is 168 g/mol. The largest absolute Gasteiger partial charge is 0.394 e. The first-order valence-electron chi connectivity index (χ1n) is 3.30. The van der Waals surface area contributed by atoms with Crippen molar-refractivity contribution < 1.29 is 20.1 Å². The molecule has 1 radical (unpaired) electrons. The van der Waals surface area contributed by atoms with Crippen LogP contribution in [0, 0.1) is 6.61 Å². The standard InChI is InChI=1S/C6H11O4S/c7-1-3(8)5-6(11)4(9)2-10-5/h2-9,11H,1H2/t3-,4+,5+,6-/m1/s1. The highest BCUT2D eigenvalue weighted by Crippen LogP contribution is 2.24. The Hall–Kier alpha value is 0.190. The Morgan fingerprint density at radius 3 is 2.64 bits per heavy atom. The van der Waals surface area contributed by atoms with E-state index in [4.69, 9.17) is 20.1 Å². The molecule has 0 amide bonds. The zero-order valence-corrected chi connectivity index (χ0v) is 6.69. The van der Waals surface area contributed by atoms with E-state index in [1.807, 2.05) is 0 Å². The van der Waals surface area contributed by atoms with Gasteiger partial charge in [0.15, 0.2) is 0 Å². The minimum Gasteiger partial charge on any atom is -0.394 e. The van der Waals surface area contributed by atoms with Crippen LogP contribution < -0.4 is 0 Å². The zero-order chi connectivity index (χ0) is 8.43. The highest BCUT2D eigenvalue weighted by Gasteiger charge is 2.38. The van der Waals surface area contributed by atoms with Crippen LogP contribution in [0.1, 0.15) is 0 Å². The van der Waals surface area contributed by atoms with Crippen molar-refractivity contribution in [2.75, 3.05) is 6.61 Å². The predicted molar refractivity (Wildman–Crippen MR) is 41.0 cm³/mol. The second kappa shape index (κ2) is 3.73. The van der Waals surface area contributed by atoms with Gasteiger partial charge < -0.3 is 20.1 Å². The van der Waals surface area contributed by atoms with Crippen LogP contribution in [0.15, 0.2) is 0 Å². The zero-order valence-electron chi connectivity index (χ0n) is 5.79. The van der Waals surface area contributed by atoms with Crippen molar-refractivity contribution in [1.29, 1.82) is 0 Å². The average Bonchev–Trinajstić information content (AvgIpc) is 2.32. The number of thiol groups is 1. The van der Waals surface area contributed by atoms with Crippen LogP contribution in [0.25, 0.3) is 0 Å². The molecular formula is C6H11O4S.